The van der Waals surface area contributed by atoms with Gasteiger partial charge in [0, 0.05) is 13.7 Å². The Kier molecular flexibility index (Phi) is 6.58. The van der Waals surface area contributed by atoms with E-state index < -0.39 is 6.04 Å². The summed E-state index contributed by atoms with van der Waals surface area (Å²) in [5.41, 5.74) is 0.771. The molecule has 2 rings (SSSR count). The molecular weight excluding hydrogens is 339 g/mol. The smallest absolute Gasteiger partial charge is 0.247 e. The minimum atomic E-state index is -0.670. The van der Waals surface area contributed by atoms with E-state index in [1.807, 2.05) is 30.3 Å². The van der Waals surface area contributed by atoms with Gasteiger partial charge in [-0.15, -0.1) is 0 Å². The van der Waals surface area contributed by atoms with Gasteiger partial charge < -0.3 is 15.4 Å². The van der Waals surface area contributed by atoms with Crippen molar-refractivity contribution in [2.24, 2.45) is 0 Å². The SMILES string of the molecule is COCCNC(=O)[C@@H](Nc1nc(Cl)ncc1Cl)c1ccccc1. The van der Waals surface area contributed by atoms with Crippen LogP contribution in [0.25, 0.3) is 0 Å². The highest BCUT2D eigenvalue weighted by molar-refractivity contribution is 6.33. The Balaban J connectivity index is 2.23. The highest BCUT2D eigenvalue weighted by Gasteiger charge is 2.22. The molecule has 23 heavy (non-hydrogen) atoms. The first-order valence-electron chi connectivity index (χ1n) is 6.88. The van der Waals surface area contributed by atoms with Gasteiger partial charge in [-0.3, -0.25) is 4.79 Å². The second kappa shape index (κ2) is 8.67. The Morgan fingerprint density at radius 2 is 2.04 bits per heavy atom. The predicted octanol–water partition coefficient (Wildman–Crippen LogP) is 2.70. The van der Waals surface area contributed by atoms with Crippen LogP contribution in [0.2, 0.25) is 10.3 Å². The maximum atomic E-state index is 12.5. The normalized spacial score (nSPS) is 11.8. The molecule has 0 saturated carbocycles. The molecule has 1 amide bonds. The molecule has 0 unspecified atom stereocenters. The van der Waals surface area contributed by atoms with Gasteiger partial charge in [0.05, 0.1) is 12.8 Å². The van der Waals surface area contributed by atoms with Gasteiger partial charge in [0.2, 0.25) is 11.2 Å². The quantitative estimate of drug-likeness (QED) is 0.590. The number of hydrogen-bond acceptors (Lipinski definition) is 5. The third-order valence-corrected chi connectivity index (χ3v) is 3.45. The molecule has 0 fully saturated rings. The van der Waals surface area contributed by atoms with E-state index in [0.717, 1.165) is 5.56 Å². The summed E-state index contributed by atoms with van der Waals surface area (Å²) in [6.45, 7) is 0.825. The fourth-order valence-corrected chi connectivity index (χ4v) is 2.19. The number of hydrogen-bond donors (Lipinski definition) is 2. The summed E-state index contributed by atoms with van der Waals surface area (Å²) < 4.78 is 4.94. The summed E-state index contributed by atoms with van der Waals surface area (Å²) in [5.74, 6) is 0.0708. The largest absolute Gasteiger partial charge is 0.383 e. The second-order valence-corrected chi connectivity index (χ2v) is 5.35. The molecular formula is C15H16Cl2N4O2. The first kappa shape index (κ1) is 17.5. The lowest BCUT2D eigenvalue weighted by molar-refractivity contribution is -0.122. The third kappa shape index (κ3) is 5.06. The average Bonchev–Trinajstić information content (AvgIpc) is 2.56. The maximum absolute atomic E-state index is 12.5. The van der Waals surface area contributed by atoms with E-state index in [1.54, 1.807) is 7.11 Å². The molecule has 0 aliphatic carbocycles. The zero-order valence-electron chi connectivity index (χ0n) is 12.4. The van der Waals surface area contributed by atoms with Crippen LogP contribution in [0.1, 0.15) is 11.6 Å². The fourth-order valence-electron chi connectivity index (χ4n) is 1.91. The summed E-state index contributed by atoms with van der Waals surface area (Å²) in [7, 11) is 1.57. The molecule has 0 aliphatic heterocycles. The van der Waals surface area contributed by atoms with Gasteiger partial charge in [-0.05, 0) is 17.2 Å². The van der Waals surface area contributed by atoms with E-state index in [0.29, 0.717) is 19.0 Å². The van der Waals surface area contributed by atoms with Crippen molar-refractivity contribution in [3.63, 3.8) is 0 Å². The number of ether oxygens (including phenoxy) is 1. The molecule has 1 atom stereocenters. The van der Waals surface area contributed by atoms with Gasteiger partial charge in [-0.1, -0.05) is 41.9 Å². The monoisotopic (exact) mass is 354 g/mol. The van der Waals surface area contributed by atoms with Crippen LogP contribution in [-0.2, 0) is 9.53 Å². The topological polar surface area (TPSA) is 76.1 Å². The number of nitrogens with one attached hydrogen (secondary N) is 2. The number of benzene rings is 1. The molecule has 1 heterocycles. The summed E-state index contributed by atoms with van der Waals surface area (Å²) >= 11 is 11.9. The molecule has 2 aromatic rings. The molecule has 8 heteroatoms. The Hall–Kier alpha value is -1.89. The number of anilines is 1. The Labute approximate surface area is 144 Å². The molecule has 1 aromatic heterocycles. The molecule has 0 radical (unpaired) electrons. The fraction of sp³-hybridized carbons (Fsp3) is 0.267. The first-order chi connectivity index (χ1) is 11.1. The van der Waals surface area contributed by atoms with Gasteiger partial charge in [-0.25, -0.2) is 4.98 Å². The predicted molar refractivity (Wildman–Crippen MR) is 89.7 cm³/mol. The maximum Gasteiger partial charge on any atom is 0.247 e. The van der Waals surface area contributed by atoms with Crippen molar-refractivity contribution in [1.29, 1.82) is 0 Å². The zero-order valence-corrected chi connectivity index (χ0v) is 13.9. The molecule has 6 nitrogen and oxygen atoms in total. The van der Waals surface area contributed by atoms with Crippen LogP contribution in [-0.4, -0.2) is 36.1 Å². The number of carbonyl (C=O) groups is 1. The minimum Gasteiger partial charge on any atom is -0.383 e. The number of methoxy groups -OCH3 is 1. The molecule has 2 N–H and O–H groups in total. The summed E-state index contributed by atoms with van der Waals surface area (Å²) in [5, 5.41) is 6.12. The van der Waals surface area contributed by atoms with E-state index in [-0.39, 0.29) is 16.2 Å². The molecule has 0 saturated heterocycles. The standard InChI is InChI=1S/C15H16Cl2N4O2/c1-23-8-7-18-14(22)12(10-5-3-2-4-6-10)20-13-11(16)9-19-15(17)21-13/h2-6,9,12H,7-8H2,1H3,(H,18,22)(H,19,20,21)/t12-/m0/s1. The van der Waals surface area contributed by atoms with Crippen LogP contribution in [0, 0.1) is 0 Å². The number of halogens is 2. The molecule has 0 spiro atoms. The van der Waals surface area contributed by atoms with Gasteiger partial charge in [-0.2, -0.15) is 4.98 Å². The number of nitrogens with zero attached hydrogens (tertiary/aromatic N) is 2. The average molecular weight is 355 g/mol. The summed E-state index contributed by atoms with van der Waals surface area (Å²) in [4.78, 5) is 20.3. The Bertz CT molecular complexity index is 655. The molecule has 0 aliphatic rings. The van der Waals surface area contributed by atoms with Crippen molar-refractivity contribution >= 4 is 34.9 Å². The third-order valence-electron chi connectivity index (χ3n) is 3.00. The minimum absolute atomic E-state index is 0.0449. The van der Waals surface area contributed by atoms with Crippen molar-refractivity contribution in [3.05, 3.63) is 52.4 Å². The van der Waals surface area contributed by atoms with Crippen LogP contribution in [0.15, 0.2) is 36.5 Å². The second-order valence-electron chi connectivity index (χ2n) is 4.61. The van der Waals surface area contributed by atoms with E-state index in [1.165, 1.54) is 6.20 Å². The van der Waals surface area contributed by atoms with Crippen molar-refractivity contribution in [1.82, 2.24) is 15.3 Å². The lowest BCUT2D eigenvalue weighted by atomic mass is 10.1. The lowest BCUT2D eigenvalue weighted by Crippen LogP contribution is -2.35. The van der Waals surface area contributed by atoms with Crippen LogP contribution in [0.3, 0.4) is 0 Å². The highest BCUT2D eigenvalue weighted by Crippen LogP contribution is 2.25. The highest BCUT2D eigenvalue weighted by atomic mass is 35.5. The zero-order chi connectivity index (χ0) is 16.7. The summed E-state index contributed by atoms with van der Waals surface area (Å²) in [6, 6.07) is 8.57. The van der Waals surface area contributed by atoms with Crippen LogP contribution in [0.5, 0.6) is 0 Å². The molecule has 0 bridgehead atoms. The van der Waals surface area contributed by atoms with Crippen molar-refractivity contribution in [2.45, 2.75) is 6.04 Å². The number of aromatic nitrogens is 2. The number of carbonyl (C=O) groups excluding carboxylic acids is 1. The van der Waals surface area contributed by atoms with Gasteiger partial charge in [0.15, 0.2) is 5.82 Å². The van der Waals surface area contributed by atoms with E-state index in [9.17, 15) is 4.79 Å². The first-order valence-corrected chi connectivity index (χ1v) is 7.63. The summed E-state index contributed by atoms with van der Waals surface area (Å²) in [6.07, 6.45) is 1.38. The number of rotatable bonds is 7. The van der Waals surface area contributed by atoms with E-state index in [4.69, 9.17) is 27.9 Å². The van der Waals surface area contributed by atoms with Crippen LogP contribution >= 0.6 is 23.2 Å². The van der Waals surface area contributed by atoms with Crippen molar-refractivity contribution in [2.75, 3.05) is 25.6 Å². The van der Waals surface area contributed by atoms with Crippen LogP contribution in [0.4, 0.5) is 5.82 Å². The van der Waals surface area contributed by atoms with E-state index in [2.05, 4.69) is 20.6 Å². The van der Waals surface area contributed by atoms with Crippen LogP contribution < -0.4 is 10.6 Å². The molecule has 122 valence electrons. The Morgan fingerprint density at radius 1 is 1.30 bits per heavy atom. The van der Waals surface area contributed by atoms with Gasteiger partial charge in [0.1, 0.15) is 11.1 Å². The van der Waals surface area contributed by atoms with Gasteiger partial charge >= 0.3 is 0 Å². The van der Waals surface area contributed by atoms with Gasteiger partial charge in [0.25, 0.3) is 0 Å². The van der Waals surface area contributed by atoms with Crippen molar-refractivity contribution in [3.8, 4) is 0 Å². The number of amides is 1. The van der Waals surface area contributed by atoms with Crippen molar-refractivity contribution < 1.29 is 9.53 Å². The van der Waals surface area contributed by atoms with E-state index >= 15 is 0 Å². The molecule has 1 aromatic carbocycles. The Morgan fingerprint density at radius 3 is 2.74 bits per heavy atom. The lowest BCUT2D eigenvalue weighted by Gasteiger charge is -2.20.